The Balaban J connectivity index is 2.26. The van der Waals surface area contributed by atoms with Crippen LogP contribution >= 0.6 is 31.9 Å². The number of rotatable bonds is 5. The van der Waals surface area contributed by atoms with Crippen LogP contribution in [0.4, 0.5) is 5.69 Å². The van der Waals surface area contributed by atoms with Crippen molar-refractivity contribution >= 4 is 49.5 Å². The second-order valence-corrected chi connectivity index (χ2v) is 6.46. The number of nitriles is 2. The molecule has 0 saturated carbocycles. The fourth-order valence-corrected chi connectivity index (χ4v) is 3.39. The van der Waals surface area contributed by atoms with Gasteiger partial charge in [-0.2, -0.15) is 10.5 Å². The van der Waals surface area contributed by atoms with E-state index < -0.39 is 5.91 Å². The summed E-state index contributed by atoms with van der Waals surface area (Å²) in [5.41, 5.74) is 1.20. The van der Waals surface area contributed by atoms with Gasteiger partial charge in [-0.05, 0) is 67.8 Å². The molecule has 7 heteroatoms. The van der Waals surface area contributed by atoms with E-state index in [4.69, 9.17) is 10.00 Å². The molecule has 124 valence electrons. The maximum Gasteiger partial charge on any atom is 0.266 e. The summed E-state index contributed by atoms with van der Waals surface area (Å²) in [6, 6.07) is 16.1. The zero-order valence-corrected chi connectivity index (χ0v) is 16.0. The molecular weight excluding hydrogens is 450 g/mol. The zero-order chi connectivity index (χ0) is 18.2. The van der Waals surface area contributed by atoms with Gasteiger partial charge < -0.3 is 10.1 Å². The molecule has 1 N–H and O–H groups in total. The molecule has 0 atom stereocenters. The normalized spacial score (nSPS) is 10.5. The van der Waals surface area contributed by atoms with Gasteiger partial charge in [0.15, 0.2) is 6.61 Å². The van der Waals surface area contributed by atoms with Gasteiger partial charge in [0.2, 0.25) is 0 Å². The van der Waals surface area contributed by atoms with Crippen LogP contribution in [-0.4, -0.2) is 12.5 Å². The molecule has 2 rings (SSSR count). The van der Waals surface area contributed by atoms with E-state index in [0.29, 0.717) is 25.9 Å². The minimum atomic E-state index is -0.495. The van der Waals surface area contributed by atoms with E-state index in [1.165, 1.54) is 6.08 Å². The Morgan fingerprint density at radius 1 is 1.16 bits per heavy atom. The molecule has 0 aliphatic heterocycles. The molecule has 0 heterocycles. The van der Waals surface area contributed by atoms with E-state index in [0.717, 1.165) is 0 Å². The SMILES string of the molecule is N#CCOc1c(Br)cc(/C=C(/C#N)C(=O)Nc2ccccc2)cc1Br. The predicted octanol–water partition coefficient (Wildman–Crippen LogP) is 4.66. The Hall–Kier alpha value is -2.61. The van der Waals surface area contributed by atoms with Crippen LogP contribution in [-0.2, 0) is 4.79 Å². The maximum absolute atomic E-state index is 12.2. The first-order valence-electron chi connectivity index (χ1n) is 7.02. The second kappa shape index (κ2) is 9.03. The lowest BCUT2D eigenvalue weighted by atomic mass is 10.1. The highest BCUT2D eigenvalue weighted by atomic mass is 79.9. The van der Waals surface area contributed by atoms with E-state index in [2.05, 4.69) is 37.2 Å². The van der Waals surface area contributed by atoms with Gasteiger partial charge in [0.25, 0.3) is 5.91 Å². The van der Waals surface area contributed by atoms with E-state index in [1.54, 1.807) is 36.4 Å². The summed E-state index contributed by atoms with van der Waals surface area (Å²) in [7, 11) is 0. The quantitative estimate of drug-likeness (QED) is 0.519. The number of anilines is 1. The molecule has 0 aliphatic rings. The third-order valence-corrected chi connectivity index (χ3v) is 4.19. The number of hydrogen-bond acceptors (Lipinski definition) is 4. The van der Waals surface area contributed by atoms with Gasteiger partial charge in [0.1, 0.15) is 23.5 Å². The Morgan fingerprint density at radius 2 is 1.80 bits per heavy atom. The lowest BCUT2D eigenvalue weighted by Crippen LogP contribution is -2.13. The maximum atomic E-state index is 12.2. The van der Waals surface area contributed by atoms with Crippen LogP contribution in [0.5, 0.6) is 5.75 Å². The predicted molar refractivity (Wildman–Crippen MR) is 102 cm³/mol. The molecule has 0 radical (unpaired) electrons. The number of nitrogens with one attached hydrogen (secondary N) is 1. The lowest BCUT2D eigenvalue weighted by molar-refractivity contribution is -0.112. The first-order chi connectivity index (χ1) is 12.0. The van der Waals surface area contributed by atoms with Crippen molar-refractivity contribution < 1.29 is 9.53 Å². The molecule has 1 amide bonds. The van der Waals surface area contributed by atoms with E-state index >= 15 is 0 Å². The summed E-state index contributed by atoms with van der Waals surface area (Å²) in [6.45, 7) is -0.0880. The van der Waals surface area contributed by atoms with Gasteiger partial charge in [0, 0.05) is 5.69 Å². The number of para-hydroxylation sites is 1. The van der Waals surface area contributed by atoms with Gasteiger partial charge in [-0.1, -0.05) is 18.2 Å². The minimum absolute atomic E-state index is 0.0339. The molecule has 0 unspecified atom stereocenters. The van der Waals surface area contributed by atoms with Gasteiger partial charge in [-0.3, -0.25) is 4.79 Å². The Kier molecular flexibility index (Phi) is 6.76. The van der Waals surface area contributed by atoms with Gasteiger partial charge >= 0.3 is 0 Å². The summed E-state index contributed by atoms with van der Waals surface area (Å²) in [5.74, 6) is -0.0169. The second-order valence-electron chi connectivity index (χ2n) is 4.75. The smallest absolute Gasteiger partial charge is 0.266 e. The molecule has 25 heavy (non-hydrogen) atoms. The van der Waals surface area contributed by atoms with Gasteiger partial charge in [0.05, 0.1) is 8.95 Å². The molecular formula is C18H11Br2N3O2. The molecule has 0 aliphatic carbocycles. The van der Waals surface area contributed by atoms with Crippen LogP contribution in [0.2, 0.25) is 0 Å². The summed E-state index contributed by atoms with van der Waals surface area (Å²) in [5, 5.41) is 20.6. The molecule has 0 fully saturated rings. The lowest BCUT2D eigenvalue weighted by Gasteiger charge is -2.09. The zero-order valence-electron chi connectivity index (χ0n) is 12.8. The molecule has 0 aromatic heterocycles. The van der Waals surface area contributed by atoms with Crippen molar-refractivity contribution in [1.82, 2.24) is 0 Å². The summed E-state index contributed by atoms with van der Waals surface area (Å²) in [4.78, 5) is 12.2. The van der Waals surface area contributed by atoms with Crippen LogP contribution in [0.15, 0.2) is 57.0 Å². The Morgan fingerprint density at radius 3 is 2.36 bits per heavy atom. The van der Waals surface area contributed by atoms with Crippen LogP contribution in [0, 0.1) is 22.7 Å². The van der Waals surface area contributed by atoms with Crippen molar-refractivity contribution in [3.05, 3.63) is 62.5 Å². The topological polar surface area (TPSA) is 85.9 Å². The number of benzene rings is 2. The number of nitrogens with zero attached hydrogens (tertiary/aromatic N) is 2. The summed E-state index contributed by atoms with van der Waals surface area (Å²) >= 11 is 6.71. The minimum Gasteiger partial charge on any atom is -0.476 e. The first-order valence-corrected chi connectivity index (χ1v) is 8.60. The van der Waals surface area contributed by atoms with Gasteiger partial charge in [-0.15, -0.1) is 0 Å². The number of halogens is 2. The van der Waals surface area contributed by atoms with Crippen LogP contribution in [0.3, 0.4) is 0 Å². The van der Waals surface area contributed by atoms with Crippen LogP contribution in [0.25, 0.3) is 6.08 Å². The number of carbonyl (C=O) groups excluding carboxylic acids is 1. The van der Waals surface area contributed by atoms with Crippen LogP contribution in [0.1, 0.15) is 5.56 Å². The first kappa shape index (κ1) is 18.7. The highest BCUT2D eigenvalue weighted by Crippen LogP contribution is 2.35. The standard InChI is InChI=1S/C18H11Br2N3O2/c19-15-9-12(10-16(20)17(15)25-7-6-21)8-13(11-22)18(24)23-14-4-2-1-3-5-14/h1-5,8-10H,7H2,(H,23,24)/b13-8-. The number of amides is 1. The van der Waals surface area contributed by atoms with Crippen molar-refractivity contribution in [2.24, 2.45) is 0 Å². The Bertz CT molecular complexity index is 874. The monoisotopic (exact) mass is 459 g/mol. The summed E-state index contributed by atoms with van der Waals surface area (Å²) in [6.07, 6.45) is 1.47. The summed E-state index contributed by atoms with van der Waals surface area (Å²) < 4.78 is 6.51. The van der Waals surface area contributed by atoms with E-state index in [-0.39, 0.29) is 12.2 Å². The Labute approximate surface area is 161 Å². The van der Waals surface area contributed by atoms with Crippen molar-refractivity contribution in [2.75, 3.05) is 11.9 Å². The number of ether oxygens (including phenoxy) is 1. The molecule has 2 aromatic rings. The fraction of sp³-hybridized carbons (Fsp3) is 0.0556. The van der Waals surface area contributed by atoms with Crippen molar-refractivity contribution in [3.63, 3.8) is 0 Å². The molecule has 2 aromatic carbocycles. The van der Waals surface area contributed by atoms with Crippen molar-refractivity contribution in [3.8, 4) is 17.9 Å². The average Bonchev–Trinajstić information content (AvgIpc) is 2.59. The van der Waals surface area contributed by atoms with E-state index in [9.17, 15) is 10.1 Å². The van der Waals surface area contributed by atoms with Crippen molar-refractivity contribution in [2.45, 2.75) is 0 Å². The highest BCUT2D eigenvalue weighted by Gasteiger charge is 2.12. The largest absolute Gasteiger partial charge is 0.476 e. The van der Waals surface area contributed by atoms with Crippen molar-refractivity contribution in [1.29, 1.82) is 10.5 Å². The third-order valence-electron chi connectivity index (χ3n) is 3.01. The molecule has 0 spiro atoms. The average molecular weight is 461 g/mol. The van der Waals surface area contributed by atoms with Gasteiger partial charge in [-0.25, -0.2) is 0 Å². The molecule has 5 nitrogen and oxygen atoms in total. The third kappa shape index (κ3) is 5.18. The molecule has 0 saturated heterocycles. The molecule has 0 bridgehead atoms. The number of hydrogen-bond donors (Lipinski definition) is 1. The fourth-order valence-electron chi connectivity index (χ4n) is 1.94. The van der Waals surface area contributed by atoms with Crippen LogP contribution < -0.4 is 10.1 Å². The van der Waals surface area contributed by atoms with E-state index in [1.807, 2.05) is 18.2 Å². The highest BCUT2D eigenvalue weighted by molar-refractivity contribution is 9.11. The number of carbonyl (C=O) groups is 1.